The first-order valence-corrected chi connectivity index (χ1v) is 7.98. The highest BCUT2D eigenvalue weighted by Crippen LogP contribution is 2.10. The minimum Gasteiger partial charge on any atom is -0.313 e. The first kappa shape index (κ1) is 13.5. The molecular weight excluding hydrogens is 248 g/mol. The Bertz CT molecular complexity index is 465. The number of rotatable bonds is 4. The molecule has 1 fully saturated rings. The zero-order chi connectivity index (χ0) is 13.0. The predicted molar refractivity (Wildman–Crippen MR) is 72.7 cm³/mol. The fraction of sp³-hybridized carbons (Fsp3) is 0.538. The Morgan fingerprint density at radius 2 is 2.00 bits per heavy atom. The highest BCUT2D eigenvalue weighted by molar-refractivity contribution is 7.88. The van der Waals surface area contributed by atoms with Crippen LogP contribution in [0.15, 0.2) is 30.3 Å². The summed E-state index contributed by atoms with van der Waals surface area (Å²) in [4.78, 5) is 0. The average molecular weight is 268 g/mol. The predicted octanol–water partition coefficient (Wildman–Crippen LogP) is 1.25. The van der Waals surface area contributed by atoms with Crippen LogP contribution in [0.5, 0.6) is 0 Å². The normalized spacial score (nSPS) is 24.9. The quantitative estimate of drug-likeness (QED) is 0.864. The molecule has 1 saturated heterocycles. The Kier molecular flexibility index (Phi) is 4.37. The van der Waals surface area contributed by atoms with Crippen molar-refractivity contribution in [3.8, 4) is 0 Å². The number of hydrogen-bond acceptors (Lipinski definition) is 3. The Morgan fingerprint density at radius 3 is 2.61 bits per heavy atom. The van der Waals surface area contributed by atoms with Crippen molar-refractivity contribution in [2.24, 2.45) is 0 Å². The van der Waals surface area contributed by atoms with Crippen LogP contribution >= 0.6 is 0 Å². The minimum atomic E-state index is -3.24. The second-order valence-electron chi connectivity index (χ2n) is 4.95. The first-order valence-electron chi connectivity index (χ1n) is 6.32. The summed E-state index contributed by atoms with van der Waals surface area (Å²) in [6, 6.07) is 9.77. The minimum absolute atomic E-state index is 0.0231. The van der Waals surface area contributed by atoms with Crippen molar-refractivity contribution in [3.63, 3.8) is 0 Å². The smallest absolute Gasteiger partial charge is 0.216 e. The Labute approximate surface area is 109 Å². The van der Waals surface area contributed by atoms with Crippen LogP contribution in [0.2, 0.25) is 0 Å². The van der Waals surface area contributed by atoms with Crippen LogP contribution in [-0.2, 0) is 15.8 Å². The maximum atomic E-state index is 12.0. The fourth-order valence-electron chi connectivity index (χ4n) is 2.19. The summed E-state index contributed by atoms with van der Waals surface area (Å²) >= 11 is 0. The first-order chi connectivity index (χ1) is 8.55. The molecule has 2 N–H and O–H groups in total. The molecule has 1 aliphatic heterocycles. The molecule has 18 heavy (non-hydrogen) atoms. The van der Waals surface area contributed by atoms with Gasteiger partial charge >= 0.3 is 0 Å². The summed E-state index contributed by atoms with van der Waals surface area (Å²) in [5.41, 5.74) is 0.821. The van der Waals surface area contributed by atoms with Gasteiger partial charge in [-0.15, -0.1) is 0 Å². The molecule has 5 heteroatoms. The third-order valence-electron chi connectivity index (χ3n) is 3.21. The van der Waals surface area contributed by atoms with Crippen LogP contribution in [0.4, 0.5) is 0 Å². The molecule has 0 bridgehead atoms. The van der Waals surface area contributed by atoms with Crippen molar-refractivity contribution >= 4 is 10.0 Å². The van der Waals surface area contributed by atoms with E-state index in [1.165, 1.54) is 0 Å². The largest absolute Gasteiger partial charge is 0.313 e. The average Bonchev–Trinajstić information content (AvgIpc) is 2.32. The Balaban J connectivity index is 1.92. The Hall–Kier alpha value is -0.910. The van der Waals surface area contributed by atoms with Crippen LogP contribution in [0.25, 0.3) is 0 Å². The zero-order valence-corrected chi connectivity index (χ0v) is 11.4. The SMILES string of the molecule is CC1CCC(NS(=O)(=O)Cc2ccccc2)CN1. The molecule has 1 aliphatic rings. The molecule has 0 aliphatic carbocycles. The van der Waals surface area contributed by atoms with Crippen LogP contribution in [0.3, 0.4) is 0 Å². The van der Waals surface area contributed by atoms with Gasteiger partial charge in [-0.3, -0.25) is 0 Å². The van der Waals surface area contributed by atoms with Crippen LogP contribution in [0.1, 0.15) is 25.3 Å². The van der Waals surface area contributed by atoms with E-state index in [4.69, 9.17) is 0 Å². The molecule has 4 nitrogen and oxygen atoms in total. The summed E-state index contributed by atoms with van der Waals surface area (Å²) < 4.78 is 26.8. The lowest BCUT2D eigenvalue weighted by atomic mass is 10.0. The van der Waals surface area contributed by atoms with E-state index in [1.807, 2.05) is 30.3 Å². The zero-order valence-electron chi connectivity index (χ0n) is 10.6. The van der Waals surface area contributed by atoms with E-state index in [0.717, 1.165) is 24.9 Å². The van der Waals surface area contributed by atoms with Gasteiger partial charge in [0.15, 0.2) is 0 Å². The van der Waals surface area contributed by atoms with Crippen LogP contribution in [-0.4, -0.2) is 27.0 Å². The van der Waals surface area contributed by atoms with Crippen molar-refractivity contribution < 1.29 is 8.42 Å². The third-order valence-corrected chi connectivity index (χ3v) is 4.61. The molecule has 2 unspecified atom stereocenters. The van der Waals surface area contributed by atoms with E-state index in [9.17, 15) is 8.42 Å². The number of hydrogen-bond donors (Lipinski definition) is 2. The van der Waals surface area contributed by atoms with Gasteiger partial charge in [0.05, 0.1) is 5.75 Å². The van der Waals surface area contributed by atoms with Gasteiger partial charge in [0, 0.05) is 18.6 Å². The van der Waals surface area contributed by atoms with Gasteiger partial charge in [-0.25, -0.2) is 13.1 Å². The van der Waals surface area contributed by atoms with E-state index < -0.39 is 10.0 Å². The van der Waals surface area contributed by atoms with Gasteiger partial charge in [0.1, 0.15) is 0 Å². The number of nitrogens with one attached hydrogen (secondary N) is 2. The molecule has 0 spiro atoms. The molecule has 2 rings (SSSR count). The van der Waals surface area contributed by atoms with Crippen molar-refractivity contribution in [1.82, 2.24) is 10.0 Å². The molecule has 0 amide bonds. The molecule has 100 valence electrons. The van der Waals surface area contributed by atoms with Crippen LogP contribution in [0, 0.1) is 0 Å². The summed E-state index contributed by atoms with van der Waals surface area (Å²) in [5.74, 6) is 0.0554. The lowest BCUT2D eigenvalue weighted by Gasteiger charge is -2.28. The standard InChI is InChI=1S/C13H20N2O2S/c1-11-7-8-13(9-14-11)15-18(16,17)10-12-5-3-2-4-6-12/h2-6,11,13-15H,7-10H2,1H3. The molecule has 0 saturated carbocycles. The number of benzene rings is 1. The summed E-state index contributed by atoms with van der Waals surface area (Å²) in [6.07, 6.45) is 1.92. The molecule has 2 atom stereocenters. The van der Waals surface area contributed by atoms with Gasteiger partial charge in [0.25, 0.3) is 0 Å². The summed E-state index contributed by atoms with van der Waals surface area (Å²) in [5, 5.41) is 3.29. The van der Waals surface area contributed by atoms with Crippen molar-refractivity contribution in [2.75, 3.05) is 6.54 Å². The topological polar surface area (TPSA) is 58.2 Å². The van der Waals surface area contributed by atoms with Crippen molar-refractivity contribution in [3.05, 3.63) is 35.9 Å². The van der Waals surface area contributed by atoms with Gasteiger partial charge in [-0.05, 0) is 25.3 Å². The second-order valence-corrected chi connectivity index (χ2v) is 6.70. The molecular formula is C13H20N2O2S. The van der Waals surface area contributed by atoms with E-state index in [2.05, 4.69) is 17.0 Å². The second kappa shape index (κ2) is 5.82. The number of sulfonamides is 1. The summed E-state index contributed by atoms with van der Waals surface area (Å²) in [7, 11) is -3.24. The fourth-order valence-corrected chi connectivity index (χ4v) is 3.61. The molecule has 1 aromatic carbocycles. The maximum Gasteiger partial charge on any atom is 0.216 e. The molecule has 0 aromatic heterocycles. The van der Waals surface area contributed by atoms with E-state index in [-0.39, 0.29) is 11.8 Å². The highest BCUT2D eigenvalue weighted by Gasteiger charge is 2.22. The van der Waals surface area contributed by atoms with Crippen LogP contribution < -0.4 is 10.0 Å². The molecule has 0 radical (unpaired) electrons. The number of piperidine rings is 1. The summed E-state index contributed by atoms with van der Waals surface area (Å²) in [6.45, 7) is 2.84. The molecule has 1 aromatic rings. The Morgan fingerprint density at radius 1 is 1.28 bits per heavy atom. The molecule has 1 heterocycles. The highest BCUT2D eigenvalue weighted by atomic mass is 32.2. The maximum absolute atomic E-state index is 12.0. The third kappa shape index (κ3) is 4.08. The van der Waals surface area contributed by atoms with Gasteiger partial charge in [0.2, 0.25) is 10.0 Å². The monoisotopic (exact) mass is 268 g/mol. The van der Waals surface area contributed by atoms with E-state index >= 15 is 0 Å². The lowest BCUT2D eigenvalue weighted by Crippen LogP contribution is -2.48. The van der Waals surface area contributed by atoms with Crippen molar-refractivity contribution in [2.45, 2.75) is 37.6 Å². The lowest BCUT2D eigenvalue weighted by molar-refractivity contribution is 0.366. The van der Waals surface area contributed by atoms with Crippen molar-refractivity contribution in [1.29, 1.82) is 0 Å². The van der Waals surface area contributed by atoms with Gasteiger partial charge in [-0.2, -0.15) is 0 Å². The van der Waals surface area contributed by atoms with Gasteiger partial charge in [-0.1, -0.05) is 30.3 Å². The van der Waals surface area contributed by atoms with Gasteiger partial charge < -0.3 is 5.32 Å². The van der Waals surface area contributed by atoms with E-state index in [1.54, 1.807) is 0 Å². The van der Waals surface area contributed by atoms with E-state index in [0.29, 0.717) is 6.04 Å².